The van der Waals surface area contributed by atoms with Crippen LogP contribution in [0.3, 0.4) is 0 Å². The fraction of sp³-hybridized carbons (Fsp3) is 0.0769. The van der Waals surface area contributed by atoms with E-state index in [-0.39, 0.29) is 22.6 Å². The smallest absolute Gasteiger partial charge is 0.197 e. The Balaban J connectivity index is 1.37. The van der Waals surface area contributed by atoms with Gasteiger partial charge in [0, 0.05) is 22.2 Å². The maximum Gasteiger partial charge on any atom is 0.197 e. The minimum Gasteiger partial charge on any atom is -0.310 e. The molecule has 5 aromatic rings. The van der Waals surface area contributed by atoms with Gasteiger partial charge >= 0.3 is 0 Å². The highest BCUT2D eigenvalue weighted by Gasteiger charge is 2.38. The molecule has 3 nitrogen and oxygen atoms in total. The second kappa shape index (κ2) is 9.39. The molecule has 0 bridgehead atoms. The van der Waals surface area contributed by atoms with Crippen LogP contribution in [0.25, 0.3) is 29.0 Å². The quantitative estimate of drug-likeness (QED) is 0.167. The number of hydrogen-bond donors (Lipinski definition) is 0. The molecule has 1 heterocycles. The van der Waals surface area contributed by atoms with Gasteiger partial charge in [0.05, 0.1) is 16.9 Å². The van der Waals surface area contributed by atoms with Gasteiger partial charge in [-0.1, -0.05) is 93.8 Å². The van der Waals surface area contributed by atoms with Crippen LogP contribution in [-0.4, -0.2) is 11.6 Å². The largest absolute Gasteiger partial charge is 0.310 e. The average Bonchev–Trinajstić information content (AvgIpc) is 3.24. The Morgan fingerprint density at radius 3 is 2.00 bits per heavy atom. The zero-order valence-electron chi connectivity index (χ0n) is 23.6. The number of allylic oxidation sites excluding steroid dienone is 1. The Hall–Kier alpha value is -5.28. The van der Waals surface area contributed by atoms with E-state index in [2.05, 4.69) is 105 Å². The number of para-hydroxylation sites is 2. The van der Waals surface area contributed by atoms with Crippen molar-refractivity contribution in [2.45, 2.75) is 19.3 Å². The minimum absolute atomic E-state index is 0.183. The van der Waals surface area contributed by atoms with Gasteiger partial charge in [0.2, 0.25) is 0 Å². The number of hydrogen-bond acceptors (Lipinski definition) is 3. The van der Waals surface area contributed by atoms with Crippen molar-refractivity contribution in [2.24, 2.45) is 0 Å². The Labute approximate surface area is 245 Å². The van der Waals surface area contributed by atoms with Crippen LogP contribution >= 0.6 is 0 Å². The number of fused-ring (bicyclic) bond motifs is 5. The van der Waals surface area contributed by atoms with Gasteiger partial charge in [-0.2, -0.15) is 0 Å². The van der Waals surface area contributed by atoms with Crippen LogP contribution in [0.1, 0.15) is 62.4 Å². The SMILES string of the molecule is C=Cc1cc2c(cc1C=C)C(=O)C(=Cc1ccc3c4c(ccc3c1)N(c1ccccc1)c1ccccc1C4(C)C)C2=O. The number of carbonyl (C=O) groups is 2. The lowest BCUT2D eigenvalue weighted by Gasteiger charge is -2.42. The Morgan fingerprint density at radius 2 is 1.33 bits per heavy atom. The van der Waals surface area contributed by atoms with Crippen molar-refractivity contribution in [3.8, 4) is 0 Å². The summed E-state index contributed by atoms with van der Waals surface area (Å²) >= 11 is 0. The van der Waals surface area contributed by atoms with Crippen LogP contribution in [0, 0.1) is 0 Å². The van der Waals surface area contributed by atoms with Gasteiger partial charge in [0.25, 0.3) is 0 Å². The number of carbonyl (C=O) groups excluding carboxylic acids is 2. The van der Waals surface area contributed by atoms with Crippen molar-refractivity contribution in [1.82, 2.24) is 0 Å². The zero-order chi connectivity index (χ0) is 29.2. The van der Waals surface area contributed by atoms with Gasteiger partial charge in [0.1, 0.15) is 0 Å². The molecule has 7 rings (SSSR count). The van der Waals surface area contributed by atoms with E-state index in [1.165, 1.54) is 16.8 Å². The van der Waals surface area contributed by atoms with Gasteiger partial charge in [-0.05, 0) is 87.1 Å². The Bertz CT molecular complexity index is 1980. The minimum atomic E-state index is -0.254. The number of rotatable bonds is 4. The second-order valence-electron chi connectivity index (χ2n) is 11.4. The highest BCUT2D eigenvalue weighted by atomic mass is 16.2. The average molecular weight is 544 g/mol. The molecule has 0 unspecified atom stereocenters. The van der Waals surface area contributed by atoms with Crippen molar-refractivity contribution in [1.29, 1.82) is 0 Å². The molecule has 0 saturated carbocycles. The van der Waals surface area contributed by atoms with E-state index in [0.29, 0.717) is 11.1 Å². The summed E-state index contributed by atoms with van der Waals surface area (Å²) in [5.41, 5.74) is 9.11. The van der Waals surface area contributed by atoms with Gasteiger partial charge < -0.3 is 4.90 Å². The van der Waals surface area contributed by atoms with Gasteiger partial charge in [-0.3, -0.25) is 9.59 Å². The van der Waals surface area contributed by atoms with Crippen LogP contribution in [0.4, 0.5) is 17.1 Å². The third-order valence-electron chi connectivity index (χ3n) is 8.67. The maximum atomic E-state index is 13.4. The van der Waals surface area contributed by atoms with E-state index < -0.39 is 0 Å². The van der Waals surface area contributed by atoms with E-state index in [9.17, 15) is 9.59 Å². The van der Waals surface area contributed by atoms with E-state index in [0.717, 1.165) is 38.8 Å². The fourth-order valence-corrected chi connectivity index (χ4v) is 6.64. The van der Waals surface area contributed by atoms with Crippen molar-refractivity contribution in [2.75, 3.05) is 4.90 Å². The lowest BCUT2D eigenvalue weighted by molar-refractivity contribution is 0.0990. The first-order chi connectivity index (χ1) is 20.3. The van der Waals surface area contributed by atoms with Crippen molar-refractivity contribution in [3.05, 3.63) is 155 Å². The topological polar surface area (TPSA) is 37.4 Å². The number of nitrogens with zero attached hydrogens (tertiary/aromatic N) is 1. The Morgan fingerprint density at radius 1 is 0.690 bits per heavy atom. The summed E-state index contributed by atoms with van der Waals surface area (Å²) < 4.78 is 0. The molecule has 0 N–H and O–H groups in total. The highest BCUT2D eigenvalue weighted by Crippen LogP contribution is 2.53. The van der Waals surface area contributed by atoms with Crippen LogP contribution in [0.15, 0.2) is 116 Å². The molecule has 0 radical (unpaired) electrons. The predicted octanol–water partition coefficient (Wildman–Crippen LogP) is 9.70. The highest BCUT2D eigenvalue weighted by molar-refractivity contribution is 6.41. The zero-order valence-corrected chi connectivity index (χ0v) is 23.6. The number of Topliss-reactive ketones (excluding diaryl/α,β-unsaturated/α-hetero) is 2. The molecule has 1 aliphatic carbocycles. The molecule has 5 aromatic carbocycles. The molecule has 0 amide bonds. The van der Waals surface area contributed by atoms with Gasteiger partial charge in [-0.25, -0.2) is 0 Å². The molecular weight excluding hydrogens is 514 g/mol. The summed E-state index contributed by atoms with van der Waals surface area (Å²) in [6, 6.07) is 33.1. The molecule has 0 saturated heterocycles. The van der Waals surface area contributed by atoms with Crippen molar-refractivity contribution < 1.29 is 9.59 Å². The normalized spacial score (nSPS) is 14.8. The number of anilines is 3. The molecule has 0 fully saturated rings. The first-order valence-corrected chi connectivity index (χ1v) is 14.1. The molecule has 42 heavy (non-hydrogen) atoms. The van der Waals surface area contributed by atoms with E-state index in [4.69, 9.17) is 0 Å². The molecule has 1 aliphatic heterocycles. The molecule has 0 aromatic heterocycles. The summed E-state index contributed by atoms with van der Waals surface area (Å²) in [6.07, 6.45) is 5.08. The summed E-state index contributed by atoms with van der Waals surface area (Å²) in [5, 5.41) is 2.20. The third-order valence-corrected chi connectivity index (χ3v) is 8.67. The first kappa shape index (κ1) is 25.7. The lowest BCUT2D eigenvalue weighted by atomic mass is 9.71. The van der Waals surface area contributed by atoms with Crippen molar-refractivity contribution >= 4 is 57.6 Å². The monoisotopic (exact) mass is 543 g/mol. The van der Waals surface area contributed by atoms with Crippen LogP contribution in [-0.2, 0) is 5.41 Å². The van der Waals surface area contributed by atoms with Gasteiger partial charge in [-0.15, -0.1) is 0 Å². The molecule has 0 atom stereocenters. The lowest BCUT2D eigenvalue weighted by Crippen LogP contribution is -2.30. The standard InChI is InChI=1S/C39H29NO2/c1-5-25-22-30-31(23-26(25)6-2)38(42)32(37(30)41)21-24-16-18-29-27(20-24)17-19-35-36(29)39(3,4)33-14-10-11-15-34(33)40(35)28-12-8-7-9-13-28/h5-23H,1-2H2,3-4H3. The number of benzene rings is 5. The third kappa shape index (κ3) is 3.67. The van der Waals surface area contributed by atoms with E-state index in [1.807, 2.05) is 12.1 Å². The summed E-state index contributed by atoms with van der Waals surface area (Å²) in [4.78, 5) is 29.0. The fourth-order valence-electron chi connectivity index (χ4n) is 6.64. The summed E-state index contributed by atoms with van der Waals surface area (Å²) in [6.45, 7) is 12.2. The predicted molar refractivity (Wildman–Crippen MR) is 174 cm³/mol. The summed E-state index contributed by atoms with van der Waals surface area (Å²) in [7, 11) is 0. The van der Waals surface area contributed by atoms with Crippen molar-refractivity contribution in [3.63, 3.8) is 0 Å². The van der Waals surface area contributed by atoms with Gasteiger partial charge in [0.15, 0.2) is 11.6 Å². The van der Waals surface area contributed by atoms with E-state index in [1.54, 1.807) is 30.4 Å². The first-order valence-electron chi connectivity index (χ1n) is 14.1. The van der Waals surface area contributed by atoms with Crippen LogP contribution in [0.2, 0.25) is 0 Å². The summed E-state index contributed by atoms with van der Waals surface area (Å²) in [5.74, 6) is -0.508. The van der Waals surface area contributed by atoms with Crippen LogP contribution in [0.5, 0.6) is 0 Å². The second-order valence-corrected chi connectivity index (χ2v) is 11.4. The molecule has 202 valence electrons. The molecule has 2 aliphatic rings. The molecule has 0 spiro atoms. The Kier molecular flexibility index (Phi) is 5.74. The van der Waals surface area contributed by atoms with Crippen LogP contribution < -0.4 is 4.90 Å². The molecule has 3 heteroatoms. The maximum absolute atomic E-state index is 13.4. The van der Waals surface area contributed by atoms with E-state index >= 15 is 0 Å². The molecular formula is C39H29NO2. The number of ketones is 2.